The number of amides is 2. The number of carbonyl (C=O) groups is 2. The molecular formula is C24H26N4O4. The van der Waals surface area contributed by atoms with Crippen LogP contribution in [0.3, 0.4) is 0 Å². The zero-order chi connectivity index (χ0) is 22.5. The van der Waals surface area contributed by atoms with Crippen molar-refractivity contribution < 1.29 is 19.1 Å². The predicted octanol–water partition coefficient (Wildman–Crippen LogP) is 3.12. The maximum absolute atomic E-state index is 12.7. The fourth-order valence-electron chi connectivity index (χ4n) is 3.83. The second-order valence-corrected chi connectivity index (χ2v) is 7.58. The molecule has 2 N–H and O–H groups in total. The minimum absolute atomic E-state index is 0.141. The Kier molecular flexibility index (Phi) is 6.51. The highest BCUT2D eigenvalue weighted by Gasteiger charge is 2.32. The van der Waals surface area contributed by atoms with E-state index in [1.807, 2.05) is 47.5 Å². The van der Waals surface area contributed by atoms with Gasteiger partial charge in [-0.15, -0.1) is 0 Å². The van der Waals surface area contributed by atoms with E-state index in [1.54, 1.807) is 14.0 Å². The number of nitrogens with zero attached hydrogens (tertiary/aromatic N) is 2. The molecular weight excluding hydrogens is 408 g/mol. The van der Waals surface area contributed by atoms with Crippen LogP contribution in [0.15, 0.2) is 71.0 Å². The van der Waals surface area contributed by atoms with Crippen LogP contribution in [0.5, 0.6) is 0 Å². The van der Waals surface area contributed by atoms with Crippen molar-refractivity contribution in [2.45, 2.75) is 19.4 Å². The van der Waals surface area contributed by atoms with Gasteiger partial charge in [0.1, 0.15) is 6.61 Å². The van der Waals surface area contributed by atoms with Gasteiger partial charge in [-0.1, -0.05) is 42.5 Å². The van der Waals surface area contributed by atoms with Crippen LogP contribution < -0.4 is 15.6 Å². The van der Waals surface area contributed by atoms with Crippen LogP contribution in [-0.2, 0) is 14.3 Å². The van der Waals surface area contributed by atoms with Gasteiger partial charge < -0.3 is 20.1 Å². The number of esters is 1. The van der Waals surface area contributed by atoms with Crippen LogP contribution in [0, 0.1) is 0 Å². The number of nitrogens with one attached hydrogen (secondary N) is 2. The van der Waals surface area contributed by atoms with E-state index in [-0.39, 0.29) is 12.6 Å². The Balaban J connectivity index is 1.53. The van der Waals surface area contributed by atoms with Gasteiger partial charge >= 0.3 is 12.0 Å². The molecule has 166 valence electrons. The summed E-state index contributed by atoms with van der Waals surface area (Å²) in [6, 6.07) is 16.9. The van der Waals surface area contributed by atoms with Crippen molar-refractivity contribution in [1.82, 2.24) is 10.6 Å². The summed E-state index contributed by atoms with van der Waals surface area (Å²) < 4.78 is 10.2. The van der Waals surface area contributed by atoms with Gasteiger partial charge in [0.15, 0.2) is 0 Å². The van der Waals surface area contributed by atoms with Crippen molar-refractivity contribution in [2.75, 3.05) is 31.9 Å². The molecule has 0 aromatic heterocycles. The molecule has 2 amide bonds. The first kappa shape index (κ1) is 21.6. The molecule has 0 bridgehead atoms. The van der Waals surface area contributed by atoms with E-state index in [1.165, 1.54) is 0 Å². The maximum atomic E-state index is 12.7. The van der Waals surface area contributed by atoms with Crippen molar-refractivity contribution in [1.29, 1.82) is 0 Å². The number of hydrazone groups is 1. The molecule has 0 spiro atoms. The minimum atomic E-state index is -0.602. The summed E-state index contributed by atoms with van der Waals surface area (Å²) in [6.45, 7) is 2.93. The van der Waals surface area contributed by atoms with Gasteiger partial charge in [-0.3, -0.25) is 5.01 Å². The highest BCUT2D eigenvalue weighted by atomic mass is 16.6. The monoisotopic (exact) mass is 434 g/mol. The standard InChI is InChI=1S/C24H26N4O4/c1-16-21(23(29)32-15-14-31-2)22(26-24(30)25-16)18-8-10-19(11-9-18)28-13-12-20(27-28)17-6-4-3-5-7-17/h3-11,22H,12-15H2,1-2H3,(H2,25,26,30)/t22-/m1/s1. The molecule has 0 saturated carbocycles. The molecule has 4 rings (SSSR count). The molecule has 2 aliphatic heterocycles. The van der Waals surface area contributed by atoms with Gasteiger partial charge in [0.25, 0.3) is 0 Å². The first-order valence-corrected chi connectivity index (χ1v) is 10.5. The third-order valence-electron chi connectivity index (χ3n) is 5.44. The Hall–Kier alpha value is -3.65. The lowest BCUT2D eigenvalue weighted by Crippen LogP contribution is -2.45. The SMILES string of the molecule is COCCOC(=O)C1=C(C)NC(=O)N[C@@H]1c1ccc(N2CCC(c3ccccc3)=N2)cc1. The summed E-state index contributed by atoms with van der Waals surface area (Å²) in [7, 11) is 1.54. The first-order valence-electron chi connectivity index (χ1n) is 10.5. The molecule has 8 nitrogen and oxygen atoms in total. The second kappa shape index (κ2) is 9.65. The molecule has 0 aliphatic carbocycles. The molecule has 8 heteroatoms. The smallest absolute Gasteiger partial charge is 0.338 e. The van der Waals surface area contributed by atoms with Crippen LogP contribution in [0.4, 0.5) is 10.5 Å². The zero-order valence-electron chi connectivity index (χ0n) is 18.1. The summed E-state index contributed by atoms with van der Waals surface area (Å²) in [5.41, 5.74) is 4.76. The lowest BCUT2D eigenvalue weighted by atomic mass is 9.95. The van der Waals surface area contributed by atoms with Crippen LogP contribution in [0.25, 0.3) is 0 Å². The molecule has 2 heterocycles. The maximum Gasteiger partial charge on any atom is 0.338 e. The van der Waals surface area contributed by atoms with Crippen LogP contribution in [0.1, 0.15) is 30.5 Å². The number of hydrogen-bond donors (Lipinski definition) is 2. The summed E-state index contributed by atoms with van der Waals surface area (Å²) >= 11 is 0. The van der Waals surface area contributed by atoms with Gasteiger partial charge in [0, 0.05) is 25.8 Å². The Morgan fingerprint density at radius 3 is 2.59 bits per heavy atom. The number of urea groups is 1. The minimum Gasteiger partial charge on any atom is -0.460 e. The average molecular weight is 434 g/mol. The summed E-state index contributed by atoms with van der Waals surface area (Å²) in [6.07, 6.45) is 0.871. The van der Waals surface area contributed by atoms with Crippen molar-refractivity contribution in [3.8, 4) is 0 Å². The van der Waals surface area contributed by atoms with Crippen LogP contribution in [-0.4, -0.2) is 44.6 Å². The third-order valence-corrected chi connectivity index (χ3v) is 5.44. The largest absolute Gasteiger partial charge is 0.460 e. The van der Waals surface area contributed by atoms with Crippen molar-refractivity contribution in [2.24, 2.45) is 5.10 Å². The van der Waals surface area contributed by atoms with E-state index in [9.17, 15) is 9.59 Å². The molecule has 1 atom stereocenters. The van der Waals surface area contributed by atoms with Crippen molar-refractivity contribution in [3.63, 3.8) is 0 Å². The fraction of sp³-hybridized carbons (Fsp3) is 0.292. The number of carbonyl (C=O) groups excluding carboxylic acids is 2. The molecule has 2 aromatic rings. The van der Waals surface area contributed by atoms with Gasteiger partial charge in [-0.25, -0.2) is 9.59 Å². The summed E-state index contributed by atoms with van der Waals surface area (Å²) in [4.78, 5) is 24.7. The van der Waals surface area contributed by atoms with Gasteiger partial charge in [-0.05, 0) is 30.2 Å². The number of rotatable bonds is 7. The van der Waals surface area contributed by atoms with Crippen molar-refractivity contribution >= 4 is 23.4 Å². The Morgan fingerprint density at radius 1 is 1.12 bits per heavy atom. The van der Waals surface area contributed by atoms with E-state index >= 15 is 0 Å². The number of benzene rings is 2. The number of methoxy groups -OCH3 is 1. The molecule has 2 aliphatic rings. The van der Waals surface area contributed by atoms with Gasteiger partial charge in [0.2, 0.25) is 0 Å². The molecule has 0 radical (unpaired) electrons. The topological polar surface area (TPSA) is 92.3 Å². The predicted molar refractivity (Wildman–Crippen MR) is 121 cm³/mol. The van der Waals surface area contributed by atoms with Crippen LogP contribution >= 0.6 is 0 Å². The normalized spacial score (nSPS) is 18.2. The Bertz CT molecular complexity index is 1050. The van der Waals surface area contributed by atoms with E-state index in [0.717, 1.165) is 35.5 Å². The van der Waals surface area contributed by atoms with Crippen molar-refractivity contribution in [3.05, 3.63) is 77.0 Å². The van der Waals surface area contributed by atoms with E-state index in [0.29, 0.717) is 17.9 Å². The number of ether oxygens (including phenoxy) is 2. The molecule has 0 saturated heterocycles. The second-order valence-electron chi connectivity index (χ2n) is 7.58. The number of hydrogen-bond acceptors (Lipinski definition) is 6. The summed E-state index contributed by atoms with van der Waals surface area (Å²) in [5.74, 6) is -0.488. The zero-order valence-corrected chi connectivity index (χ0v) is 18.1. The van der Waals surface area contributed by atoms with Gasteiger partial charge in [0.05, 0.1) is 29.6 Å². The van der Waals surface area contributed by atoms with E-state index in [4.69, 9.17) is 14.6 Å². The van der Waals surface area contributed by atoms with E-state index in [2.05, 4.69) is 22.8 Å². The Morgan fingerprint density at radius 2 is 1.88 bits per heavy atom. The van der Waals surface area contributed by atoms with Gasteiger partial charge in [-0.2, -0.15) is 5.10 Å². The molecule has 32 heavy (non-hydrogen) atoms. The van der Waals surface area contributed by atoms with Crippen LogP contribution in [0.2, 0.25) is 0 Å². The lowest BCUT2D eigenvalue weighted by molar-refractivity contribution is -0.140. The first-order chi connectivity index (χ1) is 15.6. The van der Waals surface area contributed by atoms with E-state index < -0.39 is 12.0 Å². The summed E-state index contributed by atoms with van der Waals surface area (Å²) in [5, 5.41) is 12.2. The lowest BCUT2D eigenvalue weighted by Gasteiger charge is -2.28. The number of anilines is 1. The third kappa shape index (κ3) is 4.65. The molecule has 2 aromatic carbocycles. The number of allylic oxidation sites excluding steroid dienone is 1. The molecule has 0 unspecified atom stereocenters. The Labute approximate surface area is 186 Å². The highest BCUT2D eigenvalue weighted by Crippen LogP contribution is 2.30. The molecule has 0 fully saturated rings. The quantitative estimate of drug-likeness (QED) is 0.516. The average Bonchev–Trinajstić information content (AvgIpc) is 3.30. The fourth-order valence-corrected chi connectivity index (χ4v) is 3.83. The highest BCUT2D eigenvalue weighted by molar-refractivity contribution is 6.02.